The third-order valence-electron chi connectivity index (χ3n) is 7.92. The Bertz CT molecular complexity index is 1910. The average Bonchev–Trinajstić information content (AvgIpc) is 3.24. The van der Waals surface area contributed by atoms with Crippen molar-refractivity contribution in [3.63, 3.8) is 0 Å². The van der Waals surface area contributed by atoms with Gasteiger partial charge >= 0.3 is 0 Å². The number of amides is 1. The molecule has 1 atom stereocenters. The molecule has 1 unspecified atom stereocenters. The predicted octanol–water partition coefficient (Wildman–Crippen LogP) is 6.21. The van der Waals surface area contributed by atoms with E-state index in [2.05, 4.69) is 0 Å². The van der Waals surface area contributed by atoms with Gasteiger partial charge in [-0.3, -0.25) is 9.00 Å². The van der Waals surface area contributed by atoms with E-state index in [0.29, 0.717) is 10.9 Å². The number of likely N-dealkylation sites (N-methyl/N-ethyl adjacent to an activating group) is 2. The third-order valence-corrected chi connectivity index (χ3v) is 10.8. The first-order valence-corrected chi connectivity index (χ1v) is 16.8. The third kappa shape index (κ3) is 6.25. The summed E-state index contributed by atoms with van der Waals surface area (Å²) in [6, 6.07) is 24.5. The topological polar surface area (TPSA) is 74.8 Å². The zero-order chi connectivity index (χ0) is 30.9. The van der Waals surface area contributed by atoms with Crippen molar-refractivity contribution >= 4 is 54.7 Å². The van der Waals surface area contributed by atoms with Crippen molar-refractivity contribution < 1.29 is 21.8 Å². The van der Waals surface area contributed by atoms with Crippen LogP contribution in [-0.2, 0) is 25.6 Å². The SMILES string of the molecule is CC1=C(CC(=O)N(C)CCN(C)S(=O)(=O)c2cccc3ccccc23)c2cc(F)ccc2/C1=C\c1ccc(S(C)=O)cc1. The van der Waals surface area contributed by atoms with Crippen LogP contribution in [0, 0.1) is 5.82 Å². The van der Waals surface area contributed by atoms with Gasteiger partial charge in [0.2, 0.25) is 15.9 Å². The Morgan fingerprint density at radius 2 is 1.60 bits per heavy atom. The van der Waals surface area contributed by atoms with Crippen molar-refractivity contribution in [3.05, 3.63) is 113 Å². The fraction of sp³-hybridized carbons (Fsp3) is 0.206. The molecule has 5 rings (SSSR count). The van der Waals surface area contributed by atoms with Gasteiger partial charge < -0.3 is 4.90 Å². The quantitative estimate of drug-likeness (QED) is 0.224. The van der Waals surface area contributed by atoms with E-state index in [4.69, 9.17) is 0 Å². The molecule has 43 heavy (non-hydrogen) atoms. The van der Waals surface area contributed by atoms with E-state index in [1.54, 1.807) is 37.6 Å². The van der Waals surface area contributed by atoms with Gasteiger partial charge in [0.25, 0.3) is 0 Å². The Balaban J connectivity index is 1.33. The highest BCUT2D eigenvalue weighted by Gasteiger charge is 2.28. The van der Waals surface area contributed by atoms with Crippen LogP contribution >= 0.6 is 0 Å². The molecule has 0 aliphatic heterocycles. The summed E-state index contributed by atoms with van der Waals surface area (Å²) in [6.45, 7) is 2.22. The minimum Gasteiger partial charge on any atom is -0.344 e. The summed E-state index contributed by atoms with van der Waals surface area (Å²) in [5.41, 5.74) is 4.92. The predicted molar refractivity (Wildman–Crippen MR) is 172 cm³/mol. The first kappa shape index (κ1) is 30.5. The van der Waals surface area contributed by atoms with Crippen molar-refractivity contribution in [2.24, 2.45) is 0 Å². The second kappa shape index (κ2) is 12.4. The van der Waals surface area contributed by atoms with E-state index >= 15 is 0 Å². The number of carbonyl (C=O) groups is 1. The summed E-state index contributed by atoms with van der Waals surface area (Å²) in [7, 11) is -1.71. The van der Waals surface area contributed by atoms with Gasteiger partial charge in [0.1, 0.15) is 5.82 Å². The number of benzene rings is 4. The van der Waals surface area contributed by atoms with Gasteiger partial charge in [-0.15, -0.1) is 0 Å². The standard InChI is InChI=1S/C34H33FN2O4S2/c1-23-30(20-24-12-15-27(16-13-24)42(4)39)29-17-14-26(35)21-32(29)31(23)22-34(38)36(2)18-19-37(3)43(40,41)33-11-7-9-25-8-5-6-10-28(25)33/h5-17,20-21H,18-19,22H2,1-4H3/b30-20-. The molecule has 0 N–H and O–H groups in total. The molecule has 0 bridgehead atoms. The lowest BCUT2D eigenvalue weighted by Gasteiger charge is -2.23. The largest absolute Gasteiger partial charge is 0.344 e. The molecule has 0 heterocycles. The molecule has 0 radical (unpaired) electrons. The molecular formula is C34H33FN2O4S2. The smallest absolute Gasteiger partial charge is 0.243 e. The first-order chi connectivity index (χ1) is 20.5. The second-order valence-corrected chi connectivity index (χ2v) is 14.1. The lowest BCUT2D eigenvalue weighted by Crippen LogP contribution is -2.37. The van der Waals surface area contributed by atoms with Crippen molar-refractivity contribution in [2.45, 2.75) is 23.1 Å². The molecule has 0 fully saturated rings. The fourth-order valence-electron chi connectivity index (χ4n) is 5.31. The number of halogens is 1. The van der Waals surface area contributed by atoms with E-state index in [0.717, 1.165) is 38.1 Å². The molecule has 0 aromatic heterocycles. The maximum atomic E-state index is 14.4. The number of nitrogens with zero attached hydrogens (tertiary/aromatic N) is 2. The highest BCUT2D eigenvalue weighted by molar-refractivity contribution is 7.89. The Morgan fingerprint density at radius 3 is 2.33 bits per heavy atom. The number of hydrogen-bond acceptors (Lipinski definition) is 4. The monoisotopic (exact) mass is 616 g/mol. The normalized spacial score (nSPS) is 14.9. The van der Waals surface area contributed by atoms with Gasteiger partial charge in [-0.2, -0.15) is 4.31 Å². The van der Waals surface area contributed by atoms with Crippen molar-refractivity contribution in [3.8, 4) is 0 Å². The van der Waals surface area contributed by atoms with E-state index < -0.39 is 20.8 Å². The molecule has 6 nitrogen and oxygen atoms in total. The summed E-state index contributed by atoms with van der Waals surface area (Å²) in [5, 5.41) is 1.49. The minimum absolute atomic E-state index is 0.0453. The van der Waals surface area contributed by atoms with Gasteiger partial charge in [0.05, 0.1) is 11.3 Å². The van der Waals surface area contributed by atoms with Crippen LogP contribution < -0.4 is 0 Å². The Kier molecular flexibility index (Phi) is 8.78. The maximum absolute atomic E-state index is 14.4. The first-order valence-electron chi connectivity index (χ1n) is 13.8. The molecule has 0 saturated carbocycles. The molecular weight excluding hydrogens is 584 g/mol. The summed E-state index contributed by atoms with van der Waals surface area (Å²) < 4.78 is 54.2. The van der Waals surface area contributed by atoms with Crippen LogP contribution in [-0.4, -0.2) is 61.2 Å². The average molecular weight is 617 g/mol. The van der Waals surface area contributed by atoms with Gasteiger partial charge in [-0.1, -0.05) is 54.6 Å². The lowest BCUT2D eigenvalue weighted by molar-refractivity contribution is -0.128. The van der Waals surface area contributed by atoms with Crippen LogP contribution in [0.5, 0.6) is 0 Å². The molecule has 222 valence electrons. The van der Waals surface area contributed by atoms with Gasteiger partial charge in [0, 0.05) is 54.5 Å². The number of carbonyl (C=O) groups excluding carboxylic acids is 1. The summed E-state index contributed by atoms with van der Waals surface area (Å²) >= 11 is 0. The van der Waals surface area contributed by atoms with E-state index in [1.807, 2.05) is 61.5 Å². The van der Waals surface area contributed by atoms with E-state index in [-0.39, 0.29) is 36.1 Å². The Labute approximate surface area is 254 Å². The molecule has 1 amide bonds. The van der Waals surface area contributed by atoms with Crippen LogP contribution in [0.3, 0.4) is 0 Å². The minimum atomic E-state index is -3.79. The molecule has 1 aliphatic carbocycles. The second-order valence-electron chi connectivity index (χ2n) is 10.7. The van der Waals surface area contributed by atoms with Crippen molar-refractivity contribution in [2.75, 3.05) is 33.4 Å². The van der Waals surface area contributed by atoms with Crippen LogP contribution in [0.1, 0.15) is 30.0 Å². The summed E-state index contributed by atoms with van der Waals surface area (Å²) in [5.74, 6) is -0.585. The zero-order valence-electron chi connectivity index (χ0n) is 24.5. The Morgan fingerprint density at radius 1 is 0.907 bits per heavy atom. The number of fused-ring (bicyclic) bond motifs is 2. The van der Waals surface area contributed by atoms with Crippen LogP contribution in [0.2, 0.25) is 0 Å². The summed E-state index contributed by atoms with van der Waals surface area (Å²) in [4.78, 5) is 15.9. The number of hydrogen-bond donors (Lipinski definition) is 0. The highest BCUT2D eigenvalue weighted by Crippen LogP contribution is 2.44. The molecule has 9 heteroatoms. The number of rotatable bonds is 9. The van der Waals surface area contributed by atoms with Crippen LogP contribution in [0.15, 0.2) is 100 Å². The molecule has 1 aliphatic rings. The van der Waals surface area contributed by atoms with E-state index in [1.165, 1.54) is 28.4 Å². The van der Waals surface area contributed by atoms with Crippen LogP contribution in [0.25, 0.3) is 28.0 Å². The van der Waals surface area contributed by atoms with Crippen molar-refractivity contribution in [1.29, 1.82) is 0 Å². The fourth-order valence-corrected chi connectivity index (χ4v) is 7.21. The highest BCUT2D eigenvalue weighted by atomic mass is 32.2. The number of sulfonamides is 1. The van der Waals surface area contributed by atoms with Gasteiger partial charge in [0.15, 0.2) is 0 Å². The molecule has 4 aromatic carbocycles. The molecule has 0 spiro atoms. The van der Waals surface area contributed by atoms with E-state index in [9.17, 15) is 21.8 Å². The lowest BCUT2D eigenvalue weighted by atomic mass is 10.0. The van der Waals surface area contributed by atoms with Gasteiger partial charge in [-0.25, -0.2) is 12.8 Å². The molecule has 4 aromatic rings. The maximum Gasteiger partial charge on any atom is 0.243 e. The van der Waals surface area contributed by atoms with Gasteiger partial charge in [-0.05, 0) is 82.1 Å². The van der Waals surface area contributed by atoms with Crippen LogP contribution in [0.4, 0.5) is 4.39 Å². The molecule has 0 saturated heterocycles. The Hall–Kier alpha value is -3.92. The zero-order valence-corrected chi connectivity index (χ0v) is 26.1. The summed E-state index contributed by atoms with van der Waals surface area (Å²) in [6.07, 6.45) is 3.66. The number of allylic oxidation sites excluding steroid dienone is 2. The van der Waals surface area contributed by atoms with Crippen molar-refractivity contribution in [1.82, 2.24) is 9.21 Å².